The van der Waals surface area contributed by atoms with Crippen molar-refractivity contribution >= 4 is 23.3 Å². The van der Waals surface area contributed by atoms with Gasteiger partial charge in [0.1, 0.15) is 0 Å². The predicted molar refractivity (Wildman–Crippen MR) is 90.7 cm³/mol. The monoisotopic (exact) mass is 312 g/mol. The first-order valence-electron chi connectivity index (χ1n) is 7.36. The van der Waals surface area contributed by atoms with Crippen LogP contribution < -0.4 is 10.6 Å². The SMILES string of the molecule is CNc1ccccc1C(=O)O[C@@H](C)C(=O)Nc1ccc(C)cc1. The second kappa shape index (κ2) is 7.45. The minimum Gasteiger partial charge on any atom is -0.449 e. The molecule has 2 aromatic carbocycles. The summed E-state index contributed by atoms with van der Waals surface area (Å²) in [6.45, 7) is 3.51. The highest BCUT2D eigenvalue weighted by molar-refractivity contribution is 5.99. The molecule has 2 rings (SSSR count). The summed E-state index contributed by atoms with van der Waals surface area (Å²) in [6, 6.07) is 14.4. The minimum atomic E-state index is -0.895. The minimum absolute atomic E-state index is 0.371. The molecule has 0 aliphatic carbocycles. The molecule has 5 nitrogen and oxygen atoms in total. The van der Waals surface area contributed by atoms with Crippen LogP contribution in [0.2, 0.25) is 0 Å². The molecule has 1 atom stereocenters. The van der Waals surface area contributed by atoms with Crippen LogP contribution in [0.5, 0.6) is 0 Å². The van der Waals surface area contributed by atoms with Crippen molar-refractivity contribution in [1.29, 1.82) is 0 Å². The van der Waals surface area contributed by atoms with E-state index in [1.54, 1.807) is 44.3 Å². The molecule has 0 fully saturated rings. The average Bonchev–Trinajstić information content (AvgIpc) is 2.56. The molecule has 0 aromatic heterocycles. The van der Waals surface area contributed by atoms with Gasteiger partial charge in [0.15, 0.2) is 6.10 Å². The maximum atomic E-state index is 12.2. The Hall–Kier alpha value is -2.82. The topological polar surface area (TPSA) is 67.4 Å². The fourth-order valence-corrected chi connectivity index (χ4v) is 2.04. The summed E-state index contributed by atoms with van der Waals surface area (Å²) < 4.78 is 5.25. The summed E-state index contributed by atoms with van der Waals surface area (Å²) in [6.07, 6.45) is -0.895. The van der Waals surface area contributed by atoms with Gasteiger partial charge in [-0.2, -0.15) is 0 Å². The molecule has 120 valence electrons. The van der Waals surface area contributed by atoms with E-state index in [0.717, 1.165) is 5.56 Å². The number of ether oxygens (including phenoxy) is 1. The van der Waals surface area contributed by atoms with E-state index in [2.05, 4.69) is 10.6 Å². The van der Waals surface area contributed by atoms with Crippen molar-refractivity contribution in [3.8, 4) is 0 Å². The van der Waals surface area contributed by atoms with Gasteiger partial charge in [0.2, 0.25) is 0 Å². The van der Waals surface area contributed by atoms with Gasteiger partial charge in [0.05, 0.1) is 5.56 Å². The van der Waals surface area contributed by atoms with Crippen LogP contribution in [-0.2, 0) is 9.53 Å². The Balaban J connectivity index is 2.00. The molecule has 0 heterocycles. The molecule has 0 radical (unpaired) electrons. The first-order chi connectivity index (χ1) is 11.0. The maximum absolute atomic E-state index is 12.2. The quantitative estimate of drug-likeness (QED) is 0.832. The molecule has 0 aliphatic rings. The third-order valence-corrected chi connectivity index (χ3v) is 3.39. The van der Waals surface area contributed by atoms with E-state index in [-0.39, 0.29) is 5.91 Å². The van der Waals surface area contributed by atoms with Crippen LogP contribution in [0.1, 0.15) is 22.8 Å². The molecule has 0 spiro atoms. The van der Waals surface area contributed by atoms with Crippen LogP contribution in [0.3, 0.4) is 0 Å². The van der Waals surface area contributed by atoms with Crippen LogP contribution in [0.25, 0.3) is 0 Å². The highest BCUT2D eigenvalue weighted by Gasteiger charge is 2.20. The summed E-state index contributed by atoms with van der Waals surface area (Å²) in [5.74, 6) is -0.911. The highest BCUT2D eigenvalue weighted by Crippen LogP contribution is 2.16. The lowest BCUT2D eigenvalue weighted by Crippen LogP contribution is -2.30. The molecule has 0 bridgehead atoms. The zero-order valence-electron chi connectivity index (χ0n) is 13.4. The van der Waals surface area contributed by atoms with Crippen molar-refractivity contribution in [2.75, 3.05) is 17.7 Å². The first-order valence-corrected chi connectivity index (χ1v) is 7.36. The standard InChI is InChI=1S/C18H20N2O3/c1-12-8-10-14(11-9-12)20-17(21)13(2)23-18(22)15-6-4-5-7-16(15)19-3/h4-11,13,19H,1-3H3,(H,20,21)/t13-/m0/s1. The van der Waals surface area contributed by atoms with Gasteiger partial charge in [-0.25, -0.2) is 4.79 Å². The Morgan fingerprint density at radius 2 is 1.70 bits per heavy atom. The van der Waals surface area contributed by atoms with Gasteiger partial charge in [-0.1, -0.05) is 29.8 Å². The van der Waals surface area contributed by atoms with Gasteiger partial charge in [0, 0.05) is 18.4 Å². The molecule has 23 heavy (non-hydrogen) atoms. The highest BCUT2D eigenvalue weighted by atomic mass is 16.5. The number of para-hydroxylation sites is 1. The number of carbonyl (C=O) groups excluding carboxylic acids is 2. The number of hydrogen-bond donors (Lipinski definition) is 2. The molecule has 2 N–H and O–H groups in total. The van der Waals surface area contributed by atoms with Crippen LogP contribution in [0.15, 0.2) is 48.5 Å². The lowest BCUT2D eigenvalue weighted by molar-refractivity contribution is -0.123. The Bertz CT molecular complexity index is 696. The van der Waals surface area contributed by atoms with Crippen molar-refractivity contribution in [2.24, 2.45) is 0 Å². The number of carbonyl (C=O) groups is 2. The van der Waals surface area contributed by atoms with E-state index in [9.17, 15) is 9.59 Å². The van der Waals surface area contributed by atoms with Crippen molar-refractivity contribution in [3.63, 3.8) is 0 Å². The molecular weight excluding hydrogens is 292 g/mol. The zero-order chi connectivity index (χ0) is 16.8. The number of benzene rings is 2. The zero-order valence-corrected chi connectivity index (χ0v) is 13.4. The molecule has 1 amide bonds. The smallest absolute Gasteiger partial charge is 0.341 e. The van der Waals surface area contributed by atoms with Gasteiger partial charge in [-0.15, -0.1) is 0 Å². The van der Waals surface area contributed by atoms with E-state index in [0.29, 0.717) is 16.9 Å². The van der Waals surface area contributed by atoms with E-state index >= 15 is 0 Å². The fraction of sp³-hybridized carbons (Fsp3) is 0.222. The summed E-state index contributed by atoms with van der Waals surface area (Å²) in [4.78, 5) is 24.3. The van der Waals surface area contributed by atoms with Crippen molar-refractivity contribution < 1.29 is 14.3 Å². The van der Waals surface area contributed by atoms with Crippen LogP contribution in [0.4, 0.5) is 11.4 Å². The Labute approximate surface area is 135 Å². The van der Waals surface area contributed by atoms with Crippen molar-refractivity contribution in [2.45, 2.75) is 20.0 Å². The number of nitrogens with one attached hydrogen (secondary N) is 2. The Morgan fingerprint density at radius 3 is 2.35 bits per heavy atom. The van der Waals surface area contributed by atoms with Gasteiger partial charge >= 0.3 is 5.97 Å². The molecule has 5 heteroatoms. The van der Waals surface area contributed by atoms with Gasteiger partial charge in [-0.05, 0) is 38.1 Å². The normalized spacial score (nSPS) is 11.4. The van der Waals surface area contributed by atoms with E-state index in [1.807, 2.05) is 25.1 Å². The molecule has 0 aliphatic heterocycles. The predicted octanol–water partition coefficient (Wildman–Crippen LogP) is 3.22. The molecular formula is C18H20N2O3. The molecule has 0 saturated heterocycles. The second-order valence-electron chi connectivity index (χ2n) is 5.20. The van der Waals surface area contributed by atoms with Crippen molar-refractivity contribution in [1.82, 2.24) is 0 Å². The van der Waals surface area contributed by atoms with Crippen molar-refractivity contribution in [3.05, 3.63) is 59.7 Å². The lowest BCUT2D eigenvalue weighted by Gasteiger charge is -2.15. The van der Waals surface area contributed by atoms with Crippen LogP contribution >= 0.6 is 0 Å². The average molecular weight is 312 g/mol. The number of amides is 1. The lowest BCUT2D eigenvalue weighted by atomic mass is 10.2. The van der Waals surface area contributed by atoms with Gasteiger partial charge in [0.25, 0.3) is 5.91 Å². The Morgan fingerprint density at radius 1 is 1.04 bits per heavy atom. The number of rotatable bonds is 5. The van der Waals surface area contributed by atoms with E-state index in [4.69, 9.17) is 4.74 Å². The third-order valence-electron chi connectivity index (χ3n) is 3.39. The third kappa shape index (κ3) is 4.32. The molecule has 0 saturated carbocycles. The molecule has 2 aromatic rings. The van der Waals surface area contributed by atoms with Crippen LogP contribution in [-0.4, -0.2) is 25.0 Å². The largest absolute Gasteiger partial charge is 0.449 e. The Kier molecular flexibility index (Phi) is 5.36. The number of aryl methyl sites for hydroxylation is 1. The summed E-state index contributed by atoms with van der Waals surface area (Å²) in [7, 11) is 1.72. The van der Waals surface area contributed by atoms with E-state index in [1.165, 1.54) is 0 Å². The van der Waals surface area contributed by atoms with Crippen LogP contribution in [0, 0.1) is 6.92 Å². The summed E-state index contributed by atoms with van der Waals surface area (Å²) in [5, 5.41) is 5.65. The number of anilines is 2. The fourth-order valence-electron chi connectivity index (χ4n) is 2.04. The molecule has 0 unspecified atom stereocenters. The second-order valence-corrected chi connectivity index (χ2v) is 5.20. The number of hydrogen-bond acceptors (Lipinski definition) is 4. The van der Waals surface area contributed by atoms with Gasteiger partial charge < -0.3 is 15.4 Å². The first kappa shape index (κ1) is 16.5. The van der Waals surface area contributed by atoms with E-state index < -0.39 is 12.1 Å². The maximum Gasteiger partial charge on any atom is 0.341 e. The van der Waals surface area contributed by atoms with Gasteiger partial charge in [-0.3, -0.25) is 4.79 Å². The number of esters is 1. The summed E-state index contributed by atoms with van der Waals surface area (Å²) >= 11 is 0. The summed E-state index contributed by atoms with van der Waals surface area (Å²) in [5.41, 5.74) is 2.82.